The van der Waals surface area contributed by atoms with Crippen LogP contribution in [0.1, 0.15) is 6.42 Å². The number of methoxy groups -OCH3 is 1. The van der Waals surface area contributed by atoms with Crippen LogP contribution in [0.15, 0.2) is 0 Å². The summed E-state index contributed by atoms with van der Waals surface area (Å²) < 4.78 is 28.4. The summed E-state index contributed by atoms with van der Waals surface area (Å²) in [5.74, 6) is -0.513. The predicted octanol–water partition coefficient (Wildman–Crippen LogP) is 0.746. The maximum atomic E-state index is 11.9. The van der Waals surface area contributed by atoms with Gasteiger partial charge in [0, 0.05) is 6.54 Å². The van der Waals surface area contributed by atoms with Crippen molar-refractivity contribution < 1.29 is 18.3 Å². The highest BCUT2D eigenvalue weighted by atomic mass is 19.3. The molecule has 0 N–H and O–H groups in total. The van der Waals surface area contributed by atoms with Crippen LogP contribution in [0.2, 0.25) is 0 Å². The third kappa shape index (κ3) is 2.91. The molecule has 1 fully saturated rings. The van der Waals surface area contributed by atoms with Gasteiger partial charge in [0.1, 0.15) is 0 Å². The smallest absolute Gasteiger partial charge is 0.310 e. The lowest BCUT2D eigenvalue weighted by molar-refractivity contribution is -0.145. The summed E-state index contributed by atoms with van der Waals surface area (Å²) in [7, 11) is 1.32. The van der Waals surface area contributed by atoms with Crippen molar-refractivity contribution in [2.75, 3.05) is 26.7 Å². The Hall–Kier alpha value is -0.710. The molecular formula is C8H13F2NO2. The molecular weight excluding hydrogens is 180 g/mol. The van der Waals surface area contributed by atoms with Crippen molar-refractivity contribution in [1.29, 1.82) is 0 Å². The van der Waals surface area contributed by atoms with E-state index in [0.717, 1.165) is 0 Å². The van der Waals surface area contributed by atoms with Crippen LogP contribution in [0.5, 0.6) is 0 Å². The molecule has 0 unspecified atom stereocenters. The van der Waals surface area contributed by atoms with Gasteiger partial charge >= 0.3 is 5.97 Å². The van der Waals surface area contributed by atoms with Crippen LogP contribution in [0.4, 0.5) is 8.78 Å². The molecule has 13 heavy (non-hydrogen) atoms. The Kier molecular flexibility index (Phi) is 3.59. The number of alkyl halides is 2. The minimum absolute atomic E-state index is 0.219. The van der Waals surface area contributed by atoms with Crippen molar-refractivity contribution >= 4 is 5.97 Å². The zero-order chi connectivity index (χ0) is 9.84. The molecule has 0 spiro atoms. The summed E-state index contributed by atoms with van der Waals surface area (Å²) in [4.78, 5) is 12.6. The highest BCUT2D eigenvalue weighted by molar-refractivity contribution is 5.72. The van der Waals surface area contributed by atoms with E-state index < -0.39 is 6.43 Å². The Morgan fingerprint density at radius 1 is 1.69 bits per heavy atom. The van der Waals surface area contributed by atoms with Gasteiger partial charge in [-0.1, -0.05) is 0 Å². The molecule has 0 aromatic carbocycles. The van der Waals surface area contributed by atoms with Crippen LogP contribution in [0, 0.1) is 5.92 Å². The molecule has 0 radical (unpaired) electrons. The first kappa shape index (κ1) is 10.4. The van der Waals surface area contributed by atoms with Gasteiger partial charge in [-0.05, 0) is 13.0 Å². The lowest BCUT2D eigenvalue weighted by Gasteiger charge is -2.13. The van der Waals surface area contributed by atoms with Gasteiger partial charge in [-0.15, -0.1) is 0 Å². The molecule has 1 aliphatic heterocycles. The number of hydrogen-bond donors (Lipinski definition) is 0. The molecule has 1 aliphatic rings. The highest BCUT2D eigenvalue weighted by Crippen LogP contribution is 2.17. The van der Waals surface area contributed by atoms with E-state index in [9.17, 15) is 13.6 Å². The number of nitrogens with zero attached hydrogens (tertiary/aromatic N) is 1. The van der Waals surface area contributed by atoms with Gasteiger partial charge in [-0.25, -0.2) is 8.78 Å². The lowest BCUT2D eigenvalue weighted by Crippen LogP contribution is -2.28. The van der Waals surface area contributed by atoms with E-state index >= 15 is 0 Å². The maximum absolute atomic E-state index is 11.9. The molecule has 0 aromatic heterocycles. The number of rotatable bonds is 3. The van der Waals surface area contributed by atoms with E-state index in [4.69, 9.17) is 0 Å². The average Bonchev–Trinajstić information content (AvgIpc) is 2.50. The zero-order valence-corrected chi connectivity index (χ0v) is 7.50. The van der Waals surface area contributed by atoms with Gasteiger partial charge in [0.2, 0.25) is 0 Å². The summed E-state index contributed by atoms with van der Waals surface area (Å²) in [6.07, 6.45) is -1.70. The Bertz CT molecular complexity index is 187. The summed E-state index contributed by atoms with van der Waals surface area (Å²) in [5.41, 5.74) is 0. The summed E-state index contributed by atoms with van der Waals surface area (Å²) in [6.45, 7) is 0.717. The predicted molar refractivity (Wildman–Crippen MR) is 42.6 cm³/mol. The fourth-order valence-corrected chi connectivity index (χ4v) is 1.55. The van der Waals surface area contributed by atoms with Gasteiger partial charge in [0.05, 0.1) is 19.6 Å². The van der Waals surface area contributed by atoms with Crippen LogP contribution < -0.4 is 0 Å². The van der Waals surface area contributed by atoms with Gasteiger partial charge in [-0.3, -0.25) is 9.69 Å². The second-order valence-corrected chi connectivity index (χ2v) is 3.16. The van der Waals surface area contributed by atoms with Crippen LogP contribution >= 0.6 is 0 Å². The third-order valence-electron chi connectivity index (χ3n) is 2.20. The Morgan fingerprint density at radius 2 is 2.38 bits per heavy atom. The largest absolute Gasteiger partial charge is 0.469 e. The minimum Gasteiger partial charge on any atom is -0.469 e. The highest BCUT2D eigenvalue weighted by Gasteiger charge is 2.29. The number of carbonyl (C=O) groups is 1. The normalized spacial score (nSPS) is 23.8. The van der Waals surface area contributed by atoms with E-state index in [-0.39, 0.29) is 18.4 Å². The number of esters is 1. The summed E-state index contributed by atoms with van der Waals surface area (Å²) >= 11 is 0. The standard InChI is InChI=1S/C8H13F2NO2/c1-13-8(12)6-2-3-11(4-6)5-7(9)10/h6-7H,2-5H2,1H3/t6-/m1/s1. The van der Waals surface area contributed by atoms with Gasteiger partial charge in [0.25, 0.3) is 6.43 Å². The topological polar surface area (TPSA) is 29.5 Å². The molecule has 5 heteroatoms. The van der Waals surface area contributed by atoms with Crippen molar-refractivity contribution in [3.05, 3.63) is 0 Å². The molecule has 0 aromatic rings. The van der Waals surface area contributed by atoms with E-state index in [1.807, 2.05) is 0 Å². The fraction of sp³-hybridized carbons (Fsp3) is 0.875. The van der Waals surface area contributed by atoms with Crippen molar-refractivity contribution in [3.63, 3.8) is 0 Å². The number of hydrogen-bond acceptors (Lipinski definition) is 3. The number of likely N-dealkylation sites (tertiary alicyclic amines) is 1. The summed E-state index contributed by atoms with van der Waals surface area (Å²) in [6, 6.07) is 0. The Balaban J connectivity index is 2.32. The molecule has 1 saturated heterocycles. The Labute approximate surface area is 75.7 Å². The Morgan fingerprint density at radius 3 is 2.92 bits per heavy atom. The van der Waals surface area contributed by atoms with E-state index in [2.05, 4.69) is 4.74 Å². The molecule has 0 aliphatic carbocycles. The van der Waals surface area contributed by atoms with E-state index in [0.29, 0.717) is 19.5 Å². The lowest BCUT2D eigenvalue weighted by atomic mass is 10.1. The average molecular weight is 193 g/mol. The maximum Gasteiger partial charge on any atom is 0.310 e. The second-order valence-electron chi connectivity index (χ2n) is 3.16. The van der Waals surface area contributed by atoms with Gasteiger partial charge in [-0.2, -0.15) is 0 Å². The minimum atomic E-state index is -2.32. The van der Waals surface area contributed by atoms with Gasteiger partial charge in [0.15, 0.2) is 0 Å². The first-order chi connectivity index (χ1) is 6.13. The molecule has 0 amide bonds. The zero-order valence-electron chi connectivity index (χ0n) is 7.50. The fourth-order valence-electron chi connectivity index (χ4n) is 1.55. The monoisotopic (exact) mass is 193 g/mol. The van der Waals surface area contributed by atoms with E-state index in [1.165, 1.54) is 7.11 Å². The van der Waals surface area contributed by atoms with Crippen LogP contribution in [-0.2, 0) is 9.53 Å². The van der Waals surface area contributed by atoms with Crippen LogP contribution in [0.3, 0.4) is 0 Å². The van der Waals surface area contributed by atoms with E-state index in [1.54, 1.807) is 4.90 Å². The van der Waals surface area contributed by atoms with Crippen LogP contribution in [0.25, 0.3) is 0 Å². The number of ether oxygens (including phenoxy) is 1. The molecule has 1 atom stereocenters. The molecule has 76 valence electrons. The SMILES string of the molecule is COC(=O)[C@@H]1CCN(CC(F)F)C1. The van der Waals surface area contributed by atoms with Crippen molar-refractivity contribution in [1.82, 2.24) is 4.90 Å². The molecule has 1 rings (SSSR count). The molecule has 3 nitrogen and oxygen atoms in total. The molecule has 1 heterocycles. The second kappa shape index (κ2) is 4.50. The molecule has 0 saturated carbocycles. The van der Waals surface area contributed by atoms with Gasteiger partial charge < -0.3 is 4.74 Å². The first-order valence-electron chi connectivity index (χ1n) is 4.22. The first-order valence-corrected chi connectivity index (χ1v) is 4.22. The molecule has 0 bridgehead atoms. The number of halogens is 2. The number of carbonyl (C=O) groups excluding carboxylic acids is 1. The quantitative estimate of drug-likeness (QED) is 0.619. The van der Waals surface area contributed by atoms with Crippen molar-refractivity contribution in [3.8, 4) is 0 Å². The van der Waals surface area contributed by atoms with Crippen molar-refractivity contribution in [2.45, 2.75) is 12.8 Å². The third-order valence-corrected chi connectivity index (χ3v) is 2.20. The van der Waals surface area contributed by atoms with Crippen LogP contribution in [-0.4, -0.2) is 44.0 Å². The summed E-state index contributed by atoms with van der Waals surface area (Å²) in [5, 5.41) is 0. The van der Waals surface area contributed by atoms with Crippen molar-refractivity contribution in [2.24, 2.45) is 5.92 Å².